The van der Waals surface area contributed by atoms with E-state index in [9.17, 15) is 13.2 Å². The average molecular weight is 388 g/mol. The molecule has 5 rings (SSSR count). The summed E-state index contributed by atoms with van der Waals surface area (Å²) in [4.78, 5) is 7.72. The van der Waals surface area contributed by atoms with Gasteiger partial charge in [-0.1, -0.05) is 5.16 Å². The van der Waals surface area contributed by atoms with Crippen LogP contribution < -0.4 is 4.74 Å². The Hall–Kier alpha value is -3.63. The van der Waals surface area contributed by atoms with Crippen molar-refractivity contribution >= 4 is 0 Å². The number of aromatic amines is 1. The highest BCUT2D eigenvalue weighted by atomic mass is 19.4. The van der Waals surface area contributed by atoms with Gasteiger partial charge in [0.1, 0.15) is 17.8 Å². The molecule has 1 N–H and O–H groups in total. The van der Waals surface area contributed by atoms with Crippen molar-refractivity contribution in [2.45, 2.75) is 12.6 Å². The molecule has 142 valence electrons. The first-order chi connectivity index (χ1) is 13.5. The molecule has 1 aromatic carbocycles. The number of H-pyrrole nitrogens is 1. The Bertz CT molecular complexity index is 1190. The number of imidazole rings is 1. The fourth-order valence-electron chi connectivity index (χ4n) is 3.28. The fraction of sp³-hybridized carbons (Fsp3) is 0.176. The van der Waals surface area contributed by atoms with E-state index >= 15 is 0 Å². The highest BCUT2D eigenvalue weighted by Gasteiger charge is 2.39. The summed E-state index contributed by atoms with van der Waals surface area (Å²) in [7, 11) is 1.57. The molecule has 4 aromatic rings. The number of hydrogen-bond acceptors (Lipinski definition) is 6. The van der Waals surface area contributed by atoms with E-state index in [0.29, 0.717) is 17.9 Å². The number of fused-ring (bicyclic) bond motifs is 5. The maximum absolute atomic E-state index is 12.8. The van der Waals surface area contributed by atoms with E-state index in [-0.39, 0.29) is 11.5 Å². The predicted molar refractivity (Wildman–Crippen MR) is 88.8 cm³/mol. The lowest BCUT2D eigenvalue weighted by Crippen LogP contribution is -2.05. The normalized spacial score (nSPS) is 12.9. The smallest absolute Gasteiger partial charge is 0.471 e. The Kier molecular flexibility index (Phi) is 3.36. The van der Waals surface area contributed by atoms with Crippen LogP contribution in [0.1, 0.15) is 17.1 Å². The van der Waals surface area contributed by atoms with Crippen LogP contribution in [0.2, 0.25) is 0 Å². The minimum atomic E-state index is -4.72. The molecule has 0 saturated heterocycles. The van der Waals surface area contributed by atoms with Crippen molar-refractivity contribution < 1.29 is 22.4 Å². The number of ether oxygens (including phenoxy) is 1. The van der Waals surface area contributed by atoms with Crippen molar-refractivity contribution in [3.05, 3.63) is 47.9 Å². The standard InChI is InChI=1S/C17H11F3N6O2/c1-27-9-2-3-11-10(5-9)13-8(6-22-24-13)4-12-14(21-7-26(11)12)15-23-16(28-25-15)17(18,19)20/h2-3,5-7H,4H2,1H3,(H,22,24). The summed E-state index contributed by atoms with van der Waals surface area (Å²) < 4.78 is 49.9. The minimum Gasteiger partial charge on any atom is -0.497 e. The van der Waals surface area contributed by atoms with Crippen molar-refractivity contribution in [2.24, 2.45) is 0 Å². The molecule has 4 heterocycles. The summed E-state index contributed by atoms with van der Waals surface area (Å²) in [6, 6.07) is 5.49. The summed E-state index contributed by atoms with van der Waals surface area (Å²) in [5.74, 6) is -0.967. The van der Waals surface area contributed by atoms with Crippen molar-refractivity contribution in [3.8, 4) is 34.2 Å². The fourth-order valence-corrected chi connectivity index (χ4v) is 3.28. The van der Waals surface area contributed by atoms with Gasteiger partial charge in [-0.2, -0.15) is 23.3 Å². The molecule has 28 heavy (non-hydrogen) atoms. The van der Waals surface area contributed by atoms with E-state index in [1.54, 1.807) is 23.9 Å². The molecule has 0 unspecified atom stereocenters. The van der Waals surface area contributed by atoms with Gasteiger partial charge in [-0.3, -0.25) is 5.10 Å². The second-order valence-corrected chi connectivity index (χ2v) is 6.16. The summed E-state index contributed by atoms with van der Waals surface area (Å²) in [5, 5.41) is 10.5. The maximum Gasteiger partial charge on any atom is 0.471 e. The molecule has 0 spiro atoms. The third-order valence-corrected chi connectivity index (χ3v) is 4.56. The van der Waals surface area contributed by atoms with Crippen molar-refractivity contribution in [2.75, 3.05) is 7.11 Å². The Morgan fingerprint density at radius 3 is 2.89 bits per heavy atom. The van der Waals surface area contributed by atoms with Crippen LogP contribution in [0, 0.1) is 0 Å². The van der Waals surface area contributed by atoms with Crippen LogP contribution in [0.3, 0.4) is 0 Å². The molecule has 0 bridgehead atoms. The van der Waals surface area contributed by atoms with Gasteiger partial charge in [0.15, 0.2) is 0 Å². The molecular weight excluding hydrogens is 377 g/mol. The zero-order chi connectivity index (χ0) is 19.5. The van der Waals surface area contributed by atoms with Gasteiger partial charge < -0.3 is 13.8 Å². The topological polar surface area (TPSA) is 94.7 Å². The largest absolute Gasteiger partial charge is 0.497 e. The van der Waals surface area contributed by atoms with Gasteiger partial charge in [-0.05, 0) is 18.2 Å². The lowest BCUT2D eigenvalue weighted by molar-refractivity contribution is -0.159. The van der Waals surface area contributed by atoms with E-state index in [4.69, 9.17) is 4.74 Å². The van der Waals surface area contributed by atoms with Gasteiger partial charge in [0.05, 0.1) is 30.4 Å². The first-order valence-corrected chi connectivity index (χ1v) is 8.14. The molecule has 0 saturated carbocycles. The van der Waals surface area contributed by atoms with Crippen LogP contribution in [0.15, 0.2) is 35.2 Å². The number of alkyl halides is 3. The zero-order valence-electron chi connectivity index (χ0n) is 14.3. The van der Waals surface area contributed by atoms with E-state index < -0.39 is 12.1 Å². The molecule has 1 aliphatic heterocycles. The molecule has 0 atom stereocenters. The molecule has 1 aliphatic rings. The van der Waals surface area contributed by atoms with Gasteiger partial charge in [-0.25, -0.2) is 4.98 Å². The molecule has 0 fully saturated rings. The third kappa shape index (κ3) is 2.39. The lowest BCUT2D eigenvalue weighted by atomic mass is 10.0. The maximum atomic E-state index is 12.8. The number of benzene rings is 1. The summed E-state index contributed by atoms with van der Waals surface area (Å²) >= 11 is 0. The van der Waals surface area contributed by atoms with Crippen LogP contribution in [-0.4, -0.2) is 37.0 Å². The quantitative estimate of drug-likeness (QED) is 0.499. The summed E-state index contributed by atoms with van der Waals surface area (Å²) in [6.07, 6.45) is -1.15. The monoisotopic (exact) mass is 388 g/mol. The number of nitrogens with zero attached hydrogens (tertiary/aromatic N) is 5. The van der Waals surface area contributed by atoms with Gasteiger partial charge in [0.25, 0.3) is 0 Å². The van der Waals surface area contributed by atoms with E-state index in [0.717, 1.165) is 22.5 Å². The molecule has 0 amide bonds. The van der Waals surface area contributed by atoms with Crippen molar-refractivity contribution in [1.29, 1.82) is 0 Å². The van der Waals surface area contributed by atoms with Crippen LogP contribution in [0.5, 0.6) is 5.75 Å². The average Bonchev–Trinajstić information content (AvgIpc) is 3.39. The van der Waals surface area contributed by atoms with Crippen molar-refractivity contribution in [3.63, 3.8) is 0 Å². The number of aromatic nitrogens is 6. The first-order valence-electron chi connectivity index (χ1n) is 8.14. The van der Waals surface area contributed by atoms with Gasteiger partial charge in [0.2, 0.25) is 5.82 Å². The van der Waals surface area contributed by atoms with Crippen molar-refractivity contribution in [1.82, 2.24) is 29.9 Å². The highest BCUT2D eigenvalue weighted by Crippen LogP contribution is 2.38. The Balaban J connectivity index is 1.71. The summed E-state index contributed by atoms with van der Waals surface area (Å²) in [5.41, 5.74) is 4.11. The van der Waals surface area contributed by atoms with E-state index in [1.165, 1.54) is 6.33 Å². The lowest BCUT2D eigenvalue weighted by Gasteiger charge is -2.11. The molecule has 3 aromatic heterocycles. The van der Waals surface area contributed by atoms with E-state index in [2.05, 4.69) is 29.8 Å². The number of nitrogens with one attached hydrogen (secondary N) is 1. The van der Waals surface area contributed by atoms with Gasteiger partial charge >= 0.3 is 12.1 Å². The number of hydrogen-bond donors (Lipinski definition) is 1. The molecular formula is C17H11F3N6O2. The Morgan fingerprint density at radius 1 is 1.29 bits per heavy atom. The summed E-state index contributed by atoms with van der Waals surface area (Å²) in [6.45, 7) is 0. The van der Waals surface area contributed by atoms with Crippen LogP contribution in [0.4, 0.5) is 13.2 Å². The minimum absolute atomic E-state index is 0.218. The van der Waals surface area contributed by atoms with Gasteiger partial charge in [-0.15, -0.1) is 0 Å². The van der Waals surface area contributed by atoms with Crippen LogP contribution >= 0.6 is 0 Å². The Labute approximate surface area is 155 Å². The zero-order valence-corrected chi connectivity index (χ0v) is 14.3. The second kappa shape index (κ2) is 5.68. The highest BCUT2D eigenvalue weighted by molar-refractivity contribution is 5.77. The van der Waals surface area contributed by atoms with Gasteiger partial charge in [0, 0.05) is 17.5 Å². The predicted octanol–water partition coefficient (Wildman–Crippen LogP) is 3.24. The first kappa shape index (κ1) is 16.5. The SMILES string of the molecule is COc1ccc2c(c1)-c1[nH]ncc1Cc1c(-c3noc(C(F)(F)F)n3)ncn1-2. The molecule has 0 aliphatic carbocycles. The second-order valence-electron chi connectivity index (χ2n) is 6.16. The number of halogens is 3. The molecule has 8 nitrogen and oxygen atoms in total. The molecule has 11 heteroatoms. The molecule has 0 radical (unpaired) electrons. The van der Waals surface area contributed by atoms with Crippen LogP contribution in [-0.2, 0) is 12.6 Å². The van der Waals surface area contributed by atoms with Crippen LogP contribution in [0.25, 0.3) is 28.5 Å². The third-order valence-electron chi connectivity index (χ3n) is 4.56. The van der Waals surface area contributed by atoms with E-state index in [1.807, 2.05) is 12.1 Å². The number of methoxy groups -OCH3 is 1. The Morgan fingerprint density at radius 2 is 2.14 bits per heavy atom. The number of rotatable bonds is 2.